The molecule has 0 bridgehead atoms. The highest BCUT2D eigenvalue weighted by Gasteiger charge is 2.22. The number of hydrogen-bond donors (Lipinski definition) is 1. The van der Waals surface area contributed by atoms with Crippen molar-refractivity contribution < 1.29 is 4.79 Å². The Kier molecular flexibility index (Phi) is 5.15. The van der Waals surface area contributed by atoms with Gasteiger partial charge in [-0.25, -0.2) is 15.0 Å². The molecule has 1 aliphatic heterocycles. The van der Waals surface area contributed by atoms with E-state index >= 15 is 0 Å². The highest BCUT2D eigenvalue weighted by molar-refractivity contribution is 5.87. The van der Waals surface area contributed by atoms with Crippen molar-refractivity contribution in [1.82, 2.24) is 19.9 Å². The van der Waals surface area contributed by atoms with Crippen molar-refractivity contribution in [3.8, 4) is 0 Å². The number of amides is 1. The van der Waals surface area contributed by atoms with Gasteiger partial charge in [-0.05, 0) is 43.4 Å². The molecule has 0 radical (unpaired) electrons. The van der Waals surface area contributed by atoms with Crippen molar-refractivity contribution in [3.63, 3.8) is 0 Å². The molecule has 0 aliphatic carbocycles. The molecular weight excluding hydrogens is 302 g/mol. The van der Waals surface area contributed by atoms with Crippen LogP contribution in [0.2, 0.25) is 0 Å². The second-order valence-electron chi connectivity index (χ2n) is 5.94. The summed E-state index contributed by atoms with van der Waals surface area (Å²) in [6, 6.07) is 7.63. The Morgan fingerprint density at radius 2 is 2.25 bits per heavy atom. The molecule has 3 rings (SSSR count). The largest absolute Gasteiger partial charge is 0.339 e. The van der Waals surface area contributed by atoms with E-state index in [-0.39, 0.29) is 5.91 Å². The summed E-state index contributed by atoms with van der Waals surface area (Å²) in [6.45, 7) is 5.15. The molecule has 0 aromatic carbocycles. The molecule has 3 heterocycles. The number of rotatable bonds is 5. The lowest BCUT2D eigenvalue weighted by atomic mass is 9.93. The third kappa shape index (κ3) is 4.16. The molecule has 0 spiro atoms. The second kappa shape index (κ2) is 7.68. The van der Waals surface area contributed by atoms with Crippen LogP contribution in [-0.4, -0.2) is 38.8 Å². The van der Waals surface area contributed by atoms with E-state index in [1.165, 1.54) is 6.08 Å². The number of nitrogens with one attached hydrogen (secondary N) is 1. The third-order valence-corrected chi connectivity index (χ3v) is 4.15. The summed E-state index contributed by atoms with van der Waals surface area (Å²) in [4.78, 5) is 26.5. The fourth-order valence-electron chi connectivity index (χ4n) is 3.00. The molecule has 1 saturated heterocycles. The summed E-state index contributed by atoms with van der Waals surface area (Å²) in [5, 5.41) is 3.18. The van der Waals surface area contributed by atoms with Crippen LogP contribution < -0.4 is 5.32 Å². The molecule has 24 heavy (non-hydrogen) atoms. The van der Waals surface area contributed by atoms with Crippen molar-refractivity contribution in [1.29, 1.82) is 0 Å². The highest BCUT2D eigenvalue weighted by atomic mass is 16.2. The molecule has 1 amide bonds. The van der Waals surface area contributed by atoms with Gasteiger partial charge in [0.05, 0.1) is 0 Å². The average molecular weight is 323 g/mol. The minimum Gasteiger partial charge on any atom is -0.339 e. The molecule has 1 fully saturated rings. The van der Waals surface area contributed by atoms with Crippen LogP contribution in [0.4, 0.5) is 11.6 Å². The zero-order valence-electron chi connectivity index (χ0n) is 13.6. The van der Waals surface area contributed by atoms with Crippen molar-refractivity contribution in [3.05, 3.63) is 55.1 Å². The molecule has 0 saturated carbocycles. The number of hydrogen-bond acceptors (Lipinski definition) is 5. The number of nitrogens with zero attached hydrogens (tertiary/aromatic N) is 4. The summed E-state index contributed by atoms with van der Waals surface area (Å²) < 4.78 is 0. The van der Waals surface area contributed by atoms with E-state index in [9.17, 15) is 4.79 Å². The van der Waals surface area contributed by atoms with Gasteiger partial charge in [-0.15, -0.1) is 0 Å². The summed E-state index contributed by atoms with van der Waals surface area (Å²) in [6.07, 6.45) is 7.65. The maximum Gasteiger partial charge on any atom is 0.245 e. The van der Waals surface area contributed by atoms with E-state index in [2.05, 4.69) is 26.8 Å². The number of anilines is 2. The lowest BCUT2D eigenvalue weighted by Gasteiger charge is -2.32. The number of carbonyl (C=O) groups is 1. The minimum atomic E-state index is 0.0138. The van der Waals surface area contributed by atoms with E-state index in [0.29, 0.717) is 5.92 Å². The van der Waals surface area contributed by atoms with Crippen molar-refractivity contribution in [2.75, 3.05) is 18.4 Å². The second-order valence-corrected chi connectivity index (χ2v) is 5.94. The zero-order valence-corrected chi connectivity index (χ0v) is 13.6. The maximum atomic E-state index is 11.8. The normalized spacial score (nSPS) is 17.3. The molecule has 1 unspecified atom stereocenters. The predicted molar refractivity (Wildman–Crippen MR) is 92.8 cm³/mol. The summed E-state index contributed by atoms with van der Waals surface area (Å²) in [7, 11) is 0. The molecule has 6 heteroatoms. The van der Waals surface area contributed by atoms with Crippen LogP contribution >= 0.6 is 0 Å². The van der Waals surface area contributed by atoms with Gasteiger partial charge in [-0.1, -0.05) is 12.6 Å². The molecule has 124 valence electrons. The monoisotopic (exact) mass is 323 g/mol. The van der Waals surface area contributed by atoms with Crippen LogP contribution in [0.3, 0.4) is 0 Å². The van der Waals surface area contributed by atoms with Crippen molar-refractivity contribution in [2.24, 2.45) is 5.92 Å². The maximum absolute atomic E-state index is 11.8. The van der Waals surface area contributed by atoms with Gasteiger partial charge in [0.25, 0.3) is 0 Å². The van der Waals surface area contributed by atoms with Gasteiger partial charge in [0, 0.05) is 31.0 Å². The van der Waals surface area contributed by atoms with E-state index < -0.39 is 0 Å². The molecule has 1 atom stereocenters. The lowest BCUT2D eigenvalue weighted by Crippen LogP contribution is -2.39. The van der Waals surface area contributed by atoms with Gasteiger partial charge in [0.15, 0.2) is 0 Å². The quantitative estimate of drug-likeness (QED) is 0.856. The van der Waals surface area contributed by atoms with Gasteiger partial charge in [-0.3, -0.25) is 4.79 Å². The van der Waals surface area contributed by atoms with E-state index in [4.69, 9.17) is 0 Å². The Morgan fingerprint density at radius 1 is 1.33 bits per heavy atom. The van der Waals surface area contributed by atoms with Crippen LogP contribution in [0.5, 0.6) is 0 Å². The van der Waals surface area contributed by atoms with Crippen molar-refractivity contribution in [2.45, 2.75) is 19.3 Å². The number of aromatic nitrogens is 3. The summed E-state index contributed by atoms with van der Waals surface area (Å²) in [5.74, 6) is 1.91. The molecular formula is C18H21N5O. The fourth-order valence-corrected chi connectivity index (χ4v) is 3.00. The summed E-state index contributed by atoms with van der Waals surface area (Å²) in [5.41, 5.74) is 0.973. The molecule has 1 aliphatic rings. The standard InChI is InChI=1S/C18H21N5O/c1-2-18(24)23-9-5-6-14(12-23)10-15-11-17(21-13-20-15)22-16-7-3-4-8-19-16/h2-4,7-8,11,13-14H,1,5-6,9-10,12H2,(H,19,20,21,22). The van der Waals surface area contributed by atoms with Crippen LogP contribution in [-0.2, 0) is 11.2 Å². The summed E-state index contributed by atoms with van der Waals surface area (Å²) >= 11 is 0. The fraction of sp³-hybridized carbons (Fsp3) is 0.333. The molecule has 1 N–H and O–H groups in total. The topological polar surface area (TPSA) is 71.0 Å². The first kappa shape index (κ1) is 16.1. The van der Waals surface area contributed by atoms with Crippen molar-refractivity contribution >= 4 is 17.5 Å². The number of likely N-dealkylation sites (tertiary alicyclic amines) is 1. The Hall–Kier alpha value is -2.76. The van der Waals surface area contributed by atoms with Gasteiger partial charge in [-0.2, -0.15) is 0 Å². The Balaban J connectivity index is 1.64. The van der Waals surface area contributed by atoms with Gasteiger partial charge in [0.2, 0.25) is 5.91 Å². The van der Waals surface area contributed by atoms with Crippen LogP contribution in [0.25, 0.3) is 0 Å². The van der Waals surface area contributed by atoms with E-state index in [1.807, 2.05) is 29.2 Å². The minimum absolute atomic E-state index is 0.0138. The third-order valence-electron chi connectivity index (χ3n) is 4.15. The average Bonchev–Trinajstić information content (AvgIpc) is 2.62. The van der Waals surface area contributed by atoms with Gasteiger partial charge in [0.1, 0.15) is 18.0 Å². The molecule has 6 nitrogen and oxygen atoms in total. The first-order chi connectivity index (χ1) is 11.7. The van der Waals surface area contributed by atoms with E-state index in [1.54, 1.807) is 12.5 Å². The molecule has 2 aromatic rings. The van der Waals surface area contributed by atoms with Crippen LogP contribution in [0.1, 0.15) is 18.5 Å². The zero-order chi connectivity index (χ0) is 16.8. The Labute approximate surface area is 141 Å². The lowest BCUT2D eigenvalue weighted by molar-refractivity contribution is -0.127. The van der Waals surface area contributed by atoms with E-state index in [0.717, 1.165) is 49.7 Å². The number of piperidine rings is 1. The number of carbonyl (C=O) groups excluding carboxylic acids is 1. The first-order valence-electron chi connectivity index (χ1n) is 8.15. The van der Waals surface area contributed by atoms with Crippen LogP contribution in [0.15, 0.2) is 49.4 Å². The van der Waals surface area contributed by atoms with Gasteiger partial charge >= 0.3 is 0 Å². The first-order valence-corrected chi connectivity index (χ1v) is 8.15. The van der Waals surface area contributed by atoms with Crippen LogP contribution in [0, 0.1) is 5.92 Å². The highest BCUT2D eigenvalue weighted by Crippen LogP contribution is 2.21. The smallest absolute Gasteiger partial charge is 0.245 e. The Morgan fingerprint density at radius 3 is 3.04 bits per heavy atom. The molecule has 2 aromatic heterocycles. The number of pyridine rings is 1. The van der Waals surface area contributed by atoms with Gasteiger partial charge < -0.3 is 10.2 Å². The predicted octanol–water partition coefficient (Wildman–Crippen LogP) is 2.58. The SMILES string of the molecule is C=CC(=O)N1CCCC(Cc2cc(Nc3ccccn3)ncn2)C1. The Bertz CT molecular complexity index is 704.